The lowest BCUT2D eigenvalue weighted by atomic mass is 9.95. The fourth-order valence-electron chi connectivity index (χ4n) is 5.22. The SMILES string of the molecule is [CH2]C(CCCCCCCCCCCCCC)CCCCCCCCCCCCCCCCC. The van der Waals surface area contributed by atoms with Gasteiger partial charge in [-0.2, -0.15) is 0 Å². The molecular weight excluding hydrogens is 396 g/mol. The first-order chi connectivity index (χ1) is 16.3. The Balaban J connectivity index is 3.13. The Bertz CT molecular complexity index is 320. The Kier molecular flexibility index (Phi) is 30.0. The van der Waals surface area contributed by atoms with Crippen molar-refractivity contribution in [3.63, 3.8) is 0 Å². The van der Waals surface area contributed by atoms with Crippen LogP contribution in [-0.2, 0) is 0 Å². The molecule has 0 rings (SSSR count). The molecule has 0 saturated carbocycles. The van der Waals surface area contributed by atoms with Crippen LogP contribution in [-0.4, -0.2) is 0 Å². The summed E-state index contributed by atoms with van der Waals surface area (Å²) in [4.78, 5) is 0. The van der Waals surface area contributed by atoms with Crippen molar-refractivity contribution in [3.05, 3.63) is 6.92 Å². The number of hydrogen-bond acceptors (Lipinski definition) is 0. The fourth-order valence-corrected chi connectivity index (χ4v) is 5.22. The smallest absolute Gasteiger partial charge is 0.0414 e. The molecule has 0 fully saturated rings. The van der Waals surface area contributed by atoms with Crippen LogP contribution in [0.5, 0.6) is 0 Å². The molecule has 0 heteroatoms. The van der Waals surface area contributed by atoms with Crippen molar-refractivity contribution < 1.29 is 0 Å². The normalized spacial score (nSPS) is 12.5. The summed E-state index contributed by atoms with van der Waals surface area (Å²) in [6.45, 7) is 9.04. The van der Waals surface area contributed by atoms with Crippen LogP contribution in [0, 0.1) is 12.8 Å². The third-order valence-electron chi connectivity index (χ3n) is 7.68. The van der Waals surface area contributed by atoms with Crippen molar-refractivity contribution in [1.29, 1.82) is 0 Å². The van der Waals surface area contributed by atoms with Crippen molar-refractivity contribution in [3.8, 4) is 0 Å². The minimum absolute atomic E-state index is 0.718. The molecule has 0 aliphatic carbocycles. The fraction of sp³-hybridized carbons (Fsp3) is 0.970. The van der Waals surface area contributed by atoms with Gasteiger partial charge in [0.15, 0.2) is 0 Å². The van der Waals surface area contributed by atoms with Gasteiger partial charge in [0.05, 0.1) is 0 Å². The van der Waals surface area contributed by atoms with E-state index in [2.05, 4.69) is 20.8 Å². The van der Waals surface area contributed by atoms with Gasteiger partial charge in [0.2, 0.25) is 0 Å². The maximum Gasteiger partial charge on any atom is -0.0414 e. The highest BCUT2D eigenvalue weighted by molar-refractivity contribution is 4.62. The number of rotatable bonds is 29. The first-order valence-electron chi connectivity index (χ1n) is 16.1. The van der Waals surface area contributed by atoms with Crippen LogP contribution < -0.4 is 0 Å². The molecule has 1 atom stereocenters. The Morgan fingerprint density at radius 1 is 0.303 bits per heavy atom. The molecule has 0 N–H and O–H groups in total. The highest BCUT2D eigenvalue weighted by Crippen LogP contribution is 2.19. The van der Waals surface area contributed by atoms with E-state index in [0.29, 0.717) is 0 Å². The summed E-state index contributed by atoms with van der Waals surface area (Å²) in [6, 6.07) is 0. The predicted octanol–water partition coefficient (Wildman–Crippen LogP) is 12.8. The average molecular weight is 464 g/mol. The van der Waals surface area contributed by atoms with E-state index in [1.165, 1.54) is 186 Å². The van der Waals surface area contributed by atoms with E-state index in [1.807, 2.05) is 0 Å². The van der Waals surface area contributed by atoms with Crippen LogP contribution >= 0.6 is 0 Å². The third-order valence-corrected chi connectivity index (χ3v) is 7.68. The van der Waals surface area contributed by atoms with Gasteiger partial charge in [0.1, 0.15) is 0 Å². The van der Waals surface area contributed by atoms with E-state index in [0.717, 1.165) is 5.92 Å². The summed E-state index contributed by atoms with van der Waals surface area (Å²) < 4.78 is 0. The second kappa shape index (κ2) is 30.0. The first kappa shape index (κ1) is 33.0. The maximum atomic E-state index is 4.43. The van der Waals surface area contributed by atoms with Gasteiger partial charge in [-0.1, -0.05) is 207 Å². The first-order valence-corrected chi connectivity index (χ1v) is 16.1. The molecule has 0 aromatic rings. The molecule has 0 aromatic heterocycles. The van der Waals surface area contributed by atoms with E-state index in [9.17, 15) is 0 Å². The topological polar surface area (TPSA) is 0 Å². The zero-order valence-electron chi connectivity index (χ0n) is 23.8. The van der Waals surface area contributed by atoms with Crippen molar-refractivity contribution in [2.24, 2.45) is 5.92 Å². The standard InChI is InChI=1S/C33H67/c1-4-6-8-10-12-14-16-18-19-20-22-24-26-28-30-32-33(3)31-29-27-25-23-21-17-15-13-11-9-7-5-2/h33H,3-32H2,1-2H3. The van der Waals surface area contributed by atoms with E-state index < -0.39 is 0 Å². The second-order valence-electron chi connectivity index (χ2n) is 11.3. The second-order valence-corrected chi connectivity index (χ2v) is 11.3. The van der Waals surface area contributed by atoms with Gasteiger partial charge in [0.25, 0.3) is 0 Å². The zero-order valence-corrected chi connectivity index (χ0v) is 23.8. The van der Waals surface area contributed by atoms with Gasteiger partial charge in [-0.25, -0.2) is 0 Å². The predicted molar refractivity (Wildman–Crippen MR) is 154 cm³/mol. The van der Waals surface area contributed by atoms with Crippen LogP contribution in [0.4, 0.5) is 0 Å². The summed E-state index contributed by atoms with van der Waals surface area (Å²) in [5.41, 5.74) is 0. The summed E-state index contributed by atoms with van der Waals surface area (Å²) in [6.07, 6.45) is 42.1. The van der Waals surface area contributed by atoms with Crippen LogP contribution in [0.3, 0.4) is 0 Å². The molecule has 0 amide bonds. The lowest BCUT2D eigenvalue weighted by Gasteiger charge is -2.11. The average Bonchev–Trinajstić information content (AvgIpc) is 2.82. The van der Waals surface area contributed by atoms with Crippen LogP contribution in [0.1, 0.15) is 200 Å². The van der Waals surface area contributed by atoms with Crippen molar-refractivity contribution >= 4 is 0 Å². The molecule has 0 spiro atoms. The van der Waals surface area contributed by atoms with Crippen LogP contribution in [0.25, 0.3) is 0 Å². The largest absolute Gasteiger partial charge is 0.0654 e. The van der Waals surface area contributed by atoms with Gasteiger partial charge in [-0.05, 0) is 5.92 Å². The third kappa shape index (κ3) is 30.0. The molecule has 33 heavy (non-hydrogen) atoms. The maximum absolute atomic E-state index is 4.43. The van der Waals surface area contributed by atoms with E-state index in [-0.39, 0.29) is 0 Å². The minimum Gasteiger partial charge on any atom is -0.0654 e. The monoisotopic (exact) mass is 464 g/mol. The summed E-state index contributed by atoms with van der Waals surface area (Å²) in [5, 5.41) is 0. The molecule has 0 bridgehead atoms. The molecule has 1 unspecified atom stereocenters. The summed E-state index contributed by atoms with van der Waals surface area (Å²) in [5.74, 6) is 0.718. The van der Waals surface area contributed by atoms with Gasteiger partial charge in [-0.15, -0.1) is 0 Å². The quantitative estimate of drug-likeness (QED) is 0.0967. The molecule has 0 aliphatic heterocycles. The van der Waals surface area contributed by atoms with Crippen LogP contribution in [0.2, 0.25) is 0 Å². The molecule has 0 heterocycles. The van der Waals surface area contributed by atoms with Crippen molar-refractivity contribution in [1.82, 2.24) is 0 Å². The lowest BCUT2D eigenvalue weighted by Crippen LogP contribution is -1.95. The lowest BCUT2D eigenvalue weighted by molar-refractivity contribution is 0.459. The van der Waals surface area contributed by atoms with E-state index in [1.54, 1.807) is 0 Å². The van der Waals surface area contributed by atoms with E-state index in [4.69, 9.17) is 0 Å². The van der Waals surface area contributed by atoms with Gasteiger partial charge in [0, 0.05) is 0 Å². The molecule has 0 aliphatic rings. The van der Waals surface area contributed by atoms with Crippen molar-refractivity contribution in [2.75, 3.05) is 0 Å². The molecular formula is C33H67. The molecule has 0 nitrogen and oxygen atoms in total. The van der Waals surface area contributed by atoms with E-state index >= 15 is 0 Å². The highest BCUT2D eigenvalue weighted by Gasteiger charge is 2.02. The van der Waals surface area contributed by atoms with Gasteiger partial charge in [-0.3, -0.25) is 0 Å². The summed E-state index contributed by atoms with van der Waals surface area (Å²) in [7, 11) is 0. The van der Waals surface area contributed by atoms with Crippen molar-refractivity contribution in [2.45, 2.75) is 200 Å². The Morgan fingerprint density at radius 3 is 0.697 bits per heavy atom. The molecule has 0 aromatic carbocycles. The molecule has 0 saturated heterocycles. The summed E-state index contributed by atoms with van der Waals surface area (Å²) >= 11 is 0. The molecule has 1 radical (unpaired) electrons. The van der Waals surface area contributed by atoms with Crippen LogP contribution in [0.15, 0.2) is 0 Å². The van der Waals surface area contributed by atoms with Gasteiger partial charge < -0.3 is 0 Å². The minimum atomic E-state index is 0.718. The Hall–Kier alpha value is 0. The molecule has 199 valence electrons. The Morgan fingerprint density at radius 2 is 0.485 bits per heavy atom. The number of unbranched alkanes of at least 4 members (excludes halogenated alkanes) is 25. The highest BCUT2D eigenvalue weighted by atomic mass is 14.1. The number of hydrogen-bond donors (Lipinski definition) is 0. The van der Waals surface area contributed by atoms with Gasteiger partial charge >= 0.3 is 0 Å². The zero-order chi connectivity index (χ0) is 24.1. The Labute approximate surface area is 212 Å².